The molecule has 1 aliphatic heterocycles. The highest BCUT2D eigenvalue weighted by Gasteiger charge is 2.27. The van der Waals surface area contributed by atoms with Crippen LogP contribution in [0.25, 0.3) is 0 Å². The average Bonchev–Trinajstić information content (AvgIpc) is 2.63. The maximum Gasteiger partial charge on any atom is 0.238 e. The van der Waals surface area contributed by atoms with E-state index in [0.29, 0.717) is 17.5 Å². The van der Waals surface area contributed by atoms with Gasteiger partial charge >= 0.3 is 0 Å². The minimum Gasteiger partial charge on any atom is -0.326 e. The SMILES string of the molecule is Cc1ccc(NC(=O)CN2CC(C)C(N)C2)cc1Cl. The molecule has 1 heterocycles. The standard InChI is InChI=1S/C14H20ClN3O/c1-9-3-4-11(5-12(9)15)17-14(19)8-18-6-10(2)13(16)7-18/h3-5,10,13H,6-8,16H2,1-2H3,(H,17,19). The van der Waals surface area contributed by atoms with Gasteiger partial charge in [-0.3, -0.25) is 9.69 Å². The fourth-order valence-corrected chi connectivity index (χ4v) is 2.48. The largest absolute Gasteiger partial charge is 0.326 e. The number of nitrogens with zero attached hydrogens (tertiary/aromatic N) is 1. The lowest BCUT2D eigenvalue weighted by atomic mass is 10.1. The van der Waals surface area contributed by atoms with E-state index in [1.54, 1.807) is 6.07 Å². The molecule has 104 valence electrons. The Labute approximate surface area is 118 Å². The summed E-state index contributed by atoms with van der Waals surface area (Å²) in [5, 5.41) is 3.52. The van der Waals surface area contributed by atoms with Gasteiger partial charge in [0.25, 0.3) is 0 Å². The summed E-state index contributed by atoms with van der Waals surface area (Å²) in [7, 11) is 0. The van der Waals surface area contributed by atoms with Crippen LogP contribution in [0.2, 0.25) is 5.02 Å². The molecule has 0 aromatic heterocycles. The molecular formula is C14H20ClN3O. The summed E-state index contributed by atoms with van der Waals surface area (Å²) in [5.74, 6) is 0.419. The summed E-state index contributed by atoms with van der Waals surface area (Å²) in [6.07, 6.45) is 0. The molecule has 0 saturated carbocycles. The lowest BCUT2D eigenvalue weighted by molar-refractivity contribution is -0.117. The van der Waals surface area contributed by atoms with Gasteiger partial charge in [0.1, 0.15) is 0 Å². The van der Waals surface area contributed by atoms with Gasteiger partial charge in [-0.25, -0.2) is 0 Å². The van der Waals surface area contributed by atoms with E-state index in [4.69, 9.17) is 17.3 Å². The number of hydrogen-bond donors (Lipinski definition) is 2. The highest BCUT2D eigenvalue weighted by atomic mass is 35.5. The lowest BCUT2D eigenvalue weighted by Crippen LogP contribution is -2.33. The highest BCUT2D eigenvalue weighted by Crippen LogP contribution is 2.20. The maximum atomic E-state index is 11.9. The molecule has 2 unspecified atom stereocenters. The molecule has 3 N–H and O–H groups in total. The number of amides is 1. The Hall–Kier alpha value is -1.10. The number of rotatable bonds is 3. The highest BCUT2D eigenvalue weighted by molar-refractivity contribution is 6.31. The van der Waals surface area contributed by atoms with Crippen LogP contribution in [0.5, 0.6) is 0 Å². The van der Waals surface area contributed by atoms with Crippen molar-refractivity contribution in [3.8, 4) is 0 Å². The van der Waals surface area contributed by atoms with Crippen molar-refractivity contribution in [3.63, 3.8) is 0 Å². The summed E-state index contributed by atoms with van der Waals surface area (Å²) in [6.45, 7) is 6.08. The average molecular weight is 282 g/mol. The first-order valence-electron chi connectivity index (χ1n) is 6.49. The fourth-order valence-electron chi connectivity index (χ4n) is 2.30. The first kappa shape index (κ1) is 14.3. The van der Waals surface area contributed by atoms with Crippen LogP contribution in [0, 0.1) is 12.8 Å². The fraction of sp³-hybridized carbons (Fsp3) is 0.500. The van der Waals surface area contributed by atoms with E-state index in [-0.39, 0.29) is 11.9 Å². The third kappa shape index (κ3) is 3.69. The van der Waals surface area contributed by atoms with Crippen molar-refractivity contribution in [2.75, 3.05) is 25.0 Å². The number of nitrogens with two attached hydrogens (primary N) is 1. The molecule has 5 heteroatoms. The summed E-state index contributed by atoms with van der Waals surface area (Å²) in [4.78, 5) is 14.0. The predicted molar refractivity (Wildman–Crippen MR) is 78.4 cm³/mol. The number of anilines is 1. The molecule has 1 fully saturated rings. The Morgan fingerprint density at radius 2 is 2.26 bits per heavy atom. The molecule has 0 spiro atoms. The summed E-state index contributed by atoms with van der Waals surface area (Å²) < 4.78 is 0. The van der Waals surface area contributed by atoms with Crippen LogP contribution in [0.1, 0.15) is 12.5 Å². The minimum atomic E-state index is -0.0266. The minimum absolute atomic E-state index is 0.0266. The molecule has 0 aliphatic carbocycles. The van der Waals surface area contributed by atoms with Gasteiger partial charge in [0.2, 0.25) is 5.91 Å². The monoisotopic (exact) mass is 281 g/mol. The van der Waals surface area contributed by atoms with Crippen molar-refractivity contribution >= 4 is 23.2 Å². The second-order valence-electron chi connectivity index (χ2n) is 5.35. The van der Waals surface area contributed by atoms with Gasteiger partial charge in [-0.15, -0.1) is 0 Å². The zero-order chi connectivity index (χ0) is 14.0. The van der Waals surface area contributed by atoms with E-state index >= 15 is 0 Å². The van der Waals surface area contributed by atoms with E-state index in [9.17, 15) is 4.79 Å². The van der Waals surface area contributed by atoms with E-state index in [1.165, 1.54) is 0 Å². The Morgan fingerprint density at radius 3 is 2.84 bits per heavy atom. The van der Waals surface area contributed by atoms with Crippen molar-refractivity contribution in [2.45, 2.75) is 19.9 Å². The van der Waals surface area contributed by atoms with E-state index in [2.05, 4.69) is 17.1 Å². The van der Waals surface area contributed by atoms with Crippen molar-refractivity contribution in [3.05, 3.63) is 28.8 Å². The number of carbonyl (C=O) groups is 1. The molecule has 2 rings (SSSR count). The van der Waals surface area contributed by atoms with E-state index in [1.807, 2.05) is 19.1 Å². The first-order valence-corrected chi connectivity index (χ1v) is 6.87. The summed E-state index contributed by atoms with van der Waals surface area (Å²) >= 11 is 6.03. The van der Waals surface area contributed by atoms with Crippen LogP contribution >= 0.6 is 11.6 Å². The third-order valence-electron chi connectivity index (χ3n) is 3.57. The molecular weight excluding hydrogens is 262 g/mol. The second kappa shape index (κ2) is 5.90. The molecule has 1 saturated heterocycles. The zero-order valence-corrected chi connectivity index (χ0v) is 12.1. The van der Waals surface area contributed by atoms with Gasteiger partial charge in [-0.1, -0.05) is 24.6 Å². The Morgan fingerprint density at radius 1 is 1.53 bits per heavy atom. The molecule has 1 aromatic rings. The Balaban J connectivity index is 1.89. The Kier molecular flexibility index (Phi) is 4.45. The quantitative estimate of drug-likeness (QED) is 0.889. The second-order valence-corrected chi connectivity index (χ2v) is 5.75. The van der Waals surface area contributed by atoms with Crippen LogP contribution in [0.3, 0.4) is 0 Å². The normalized spacial score (nSPS) is 23.6. The van der Waals surface area contributed by atoms with Crippen molar-refractivity contribution < 1.29 is 4.79 Å². The maximum absolute atomic E-state index is 11.9. The lowest BCUT2D eigenvalue weighted by Gasteiger charge is -2.15. The van der Waals surface area contributed by atoms with Crippen molar-refractivity contribution in [1.82, 2.24) is 4.90 Å². The van der Waals surface area contributed by atoms with Gasteiger partial charge < -0.3 is 11.1 Å². The van der Waals surface area contributed by atoms with Gasteiger partial charge in [0.05, 0.1) is 6.54 Å². The predicted octanol–water partition coefficient (Wildman–Crippen LogP) is 1.87. The molecule has 0 bridgehead atoms. The smallest absolute Gasteiger partial charge is 0.238 e. The van der Waals surface area contributed by atoms with Gasteiger partial charge in [0, 0.05) is 29.8 Å². The number of likely N-dealkylation sites (tertiary alicyclic amines) is 1. The molecule has 2 atom stereocenters. The van der Waals surface area contributed by atoms with Crippen LogP contribution in [0.4, 0.5) is 5.69 Å². The Bertz CT molecular complexity index is 468. The third-order valence-corrected chi connectivity index (χ3v) is 3.98. The van der Waals surface area contributed by atoms with Crippen LogP contribution < -0.4 is 11.1 Å². The van der Waals surface area contributed by atoms with Gasteiger partial charge in [-0.05, 0) is 30.5 Å². The van der Waals surface area contributed by atoms with Crippen LogP contribution in [-0.2, 0) is 4.79 Å². The number of halogens is 1. The van der Waals surface area contributed by atoms with E-state index in [0.717, 1.165) is 24.3 Å². The van der Waals surface area contributed by atoms with Crippen LogP contribution in [0.15, 0.2) is 18.2 Å². The van der Waals surface area contributed by atoms with Crippen molar-refractivity contribution in [1.29, 1.82) is 0 Å². The summed E-state index contributed by atoms with van der Waals surface area (Å²) in [5.41, 5.74) is 7.68. The first-order chi connectivity index (χ1) is 8.95. The number of carbonyl (C=O) groups excluding carboxylic acids is 1. The molecule has 1 aromatic carbocycles. The van der Waals surface area contributed by atoms with Crippen LogP contribution in [-0.4, -0.2) is 36.5 Å². The molecule has 1 amide bonds. The molecule has 19 heavy (non-hydrogen) atoms. The number of benzene rings is 1. The number of nitrogens with one attached hydrogen (secondary N) is 1. The topological polar surface area (TPSA) is 58.4 Å². The van der Waals surface area contributed by atoms with Gasteiger partial charge in [-0.2, -0.15) is 0 Å². The number of hydrogen-bond acceptors (Lipinski definition) is 3. The summed E-state index contributed by atoms with van der Waals surface area (Å²) in [6, 6.07) is 5.69. The molecule has 0 radical (unpaired) electrons. The van der Waals surface area contributed by atoms with E-state index < -0.39 is 0 Å². The molecule has 4 nitrogen and oxygen atoms in total. The number of aryl methyl sites for hydroxylation is 1. The molecule has 1 aliphatic rings. The van der Waals surface area contributed by atoms with Crippen molar-refractivity contribution in [2.24, 2.45) is 11.7 Å². The zero-order valence-electron chi connectivity index (χ0n) is 11.3. The van der Waals surface area contributed by atoms with Gasteiger partial charge in [0.15, 0.2) is 0 Å².